The van der Waals surface area contributed by atoms with Gasteiger partial charge in [0.2, 0.25) is 0 Å². The quantitative estimate of drug-likeness (QED) is 0.240. The Morgan fingerprint density at radius 2 is 1.69 bits per heavy atom. The molecular weight excluding hydrogens is 500 g/mol. The van der Waals surface area contributed by atoms with Crippen molar-refractivity contribution in [1.82, 2.24) is 0 Å². The van der Waals surface area contributed by atoms with Crippen LogP contribution in [-0.2, 0) is 20.7 Å². The summed E-state index contributed by atoms with van der Waals surface area (Å²) >= 11 is 0. The van der Waals surface area contributed by atoms with E-state index in [2.05, 4.69) is 45.7 Å². The fourth-order valence-electron chi connectivity index (χ4n) is 9.81. The number of hydrogen-bond donors (Lipinski definition) is 0. The van der Waals surface area contributed by atoms with Gasteiger partial charge in [-0.05, 0) is 128 Å². The lowest BCUT2D eigenvalue weighted by Gasteiger charge is -2.55. The van der Waals surface area contributed by atoms with Crippen LogP contribution in [0.4, 0.5) is 0 Å². The molecule has 9 atom stereocenters. The van der Waals surface area contributed by atoms with Crippen molar-refractivity contribution in [2.24, 2.45) is 58.7 Å². The number of hydrogen-bond acceptors (Lipinski definition) is 3. The van der Waals surface area contributed by atoms with Crippen LogP contribution in [0.15, 0.2) is 29.2 Å². The van der Waals surface area contributed by atoms with Crippen molar-refractivity contribution in [2.75, 3.05) is 7.11 Å². The van der Waals surface area contributed by atoms with Gasteiger partial charge < -0.3 is 0 Å². The van der Waals surface area contributed by atoms with Gasteiger partial charge in [0.1, 0.15) is 0 Å². The van der Waals surface area contributed by atoms with Gasteiger partial charge in [0.05, 0.1) is 12.0 Å². The molecule has 0 heterocycles. The van der Waals surface area contributed by atoms with E-state index in [-0.39, 0.29) is 4.90 Å². The van der Waals surface area contributed by atoms with E-state index in [1.807, 2.05) is 12.1 Å². The highest BCUT2D eigenvalue weighted by molar-refractivity contribution is 7.86. The summed E-state index contributed by atoms with van der Waals surface area (Å²) in [4.78, 5) is 0.247. The second kappa shape index (κ2) is 13.0. The maximum atomic E-state index is 12.0. The Labute approximate surface area is 241 Å². The van der Waals surface area contributed by atoms with Gasteiger partial charge in [0.25, 0.3) is 10.1 Å². The van der Waals surface area contributed by atoms with Crippen molar-refractivity contribution in [3.63, 3.8) is 0 Å². The first kappa shape index (κ1) is 31.1. The summed E-state index contributed by atoms with van der Waals surface area (Å²) in [5.41, 5.74) is 1.82. The van der Waals surface area contributed by atoms with E-state index in [1.165, 1.54) is 83.3 Å². The summed E-state index contributed by atoms with van der Waals surface area (Å²) < 4.78 is 28.6. The first-order valence-corrected chi connectivity index (χ1v) is 17.8. The first-order valence-electron chi connectivity index (χ1n) is 16.4. The van der Waals surface area contributed by atoms with Crippen LogP contribution in [0, 0.1) is 58.7 Å². The van der Waals surface area contributed by atoms with Crippen molar-refractivity contribution in [3.8, 4) is 0 Å². The zero-order valence-corrected chi connectivity index (χ0v) is 26.9. The molecule has 3 saturated carbocycles. The average Bonchev–Trinajstić information content (AvgIpc) is 3.27. The normalized spacial score (nSPS) is 34.5. The lowest BCUT2D eigenvalue weighted by Crippen LogP contribution is -2.47. The monoisotopic (exact) mass is 558 g/mol. The number of fused-ring (bicyclic) bond motifs is 3. The Bertz CT molecular complexity index is 1010. The predicted molar refractivity (Wildman–Crippen MR) is 163 cm³/mol. The summed E-state index contributed by atoms with van der Waals surface area (Å²) in [5.74, 6) is 7.84. The Kier molecular flexibility index (Phi) is 10.3. The SMILES string of the molecule is CCC(Cc1ccc(S(=O)(=O)OC)cc1)CC1CCC2C(CCC3(C)C(C(C)CCCC(C)C)CCC23)C1C. The molecule has 3 fully saturated rings. The molecule has 0 radical (unpaired) electrons. The van der Waals surface area contributed by atoms with Crippen LogP contribution in [0.5, 0.6) is 0 Å². The molecular formula is C35H58O3S. The topological polar surface area (TPSA) is 43.4 Å². The second-order valence-electron chi connectivity index (χ2n) is 14.6. The largest absolute Gasteiger partial charge is 0.296 e. The van der Waals surface area contributed by atoms with Crippen molar-refractivity contribution in [3.05, 3.63) is 29.8 Å². The third-order valence-corrected chi connectivity index (χ3v) is 13.4. The third-order valence-electron chi connectivity index (χ3n) is 12.2. The van der Waals surface area contributed by atoms with Crippen LogP contribution in [0.25, 0.3) is 0 Å². The molecule has 0 saturated heterocycles. The van der Waals surface area contributed by atoms with Gasteiger partial charge in [-0.1, -0.05) is 79.4 Å². The van der Waals surface area contributed by atoms with E-state index in [0.717, 1.165) is 53.8 Å². The summed E-state index contributed by atoms with van der Waals surface area (Å²) in [7, 11) is -2.40. The molecule has 1 aromatic carbocycles. The molecule has 0 bridgehead atoms. The van der Waals surface area contributed by atoms with Crippen LogP contribution in [-0.4, -0.2) is 15.5 Å². The molecule has 3 aliphatic carbocycles. The minimum absolute atomic E-state index is 0.247. The molecule has 0 amide bonds. The average molecular weight is 559 g/mol. The minimum atomic E-state index is -3.62. The van der Waals surface area contributed by atoms with Gasteiger partial charge >= 0.3 is 0 Å². The molecule has 3 aliphatic rings. The lowest BCUT2D eigenvalue weighted by atomic mass is 9.50. The summed E-state index contributed by atoms with van der Waals surface area (Å²) in [6.45, 7) is 15.0. The molecule has 0 spiro atoms. The molecule has 9 unspecified atom stereocenters. The van der Waals surface area contributed by atoms with E-state index in [1.54, 1.807) is 12.1 Å². The summed E-state index contributed by atoms with van der Waals surface area (Å²) in [5, 5.41) is 0. The van der Waals surface area contributed by atoms with Crippen molar-refractivity contribution < 1.29 is 12.6 Å². The maximum absolute atomic E-state index is 12.0. The van der Waals surface area contributed by atoms with Crippen molar-refractivity contribution in [2.45, 2.75) is 123 Å². The van der Waals surface area contributed by atoms with Crippen LogP contribution in [0.1, 0.15) is 118 Å². The van der Waals surface area contributed by atoms with Crippen LogP contribution in [0.2, 0.25) is 0 Å². The molecule has 222 valence electrons. The van der Waals surface area contributed by atoms with E-state index in [0.29, 0.717) is 11.3 Å². The standard InChI is InChI=1S/C35H58O3S/c1-8-27(22-28-12-15-30(16-13-28)39(36,37)38-7)23-29-14-17-32-31(26(29)5)20-21-35(6)33(18-19-34(32)35)25(4)11-9-10-24(2)3/h12-13,15-16,24-27,29,31-34H,8-11,14,17-23H2,1-7H3. The fraction of sp³-hybridized carbons (Fsp3) is 0.829. The fourth-order valence-corrected chi connectivity index (χ4v) is 10.5. The zero-order chi connectivity index (χ0) is 28.4. The van der Waals surface area contributed by atoms with E-state index < -0.39 is 10.1 Å². The maximum Gasteiger partial charge on any atom is 0.296 e. The van der Waals surface area contributed by atoms with Gasteiger partial charge in [-0.25, -0.2) is 0 Å². The number of rotatable bonds is 12. The highest BCUT2D eigenvalue weighted by Crippen LogP contribution is 2.64. The number of benzene rings is 1. The second-order valence-corrected chi connectivity index (χ2v) is 16.4. The van der Waals surface area contributed by atoms with Crippen LogP contribution < -0.4 is 0 Å². The molecule has 0 aliphatic heterocycles. The Balaban J connectivity index is 1.35. The molecule has 3 nitrogen and oxygen atoms in total. The Hall–Kier alpha value is -0.870. The molecule has 1 aromatic rings. The van der Waals surface area contributed by atoms with Crippen LogP contribution in [0.3, 0.4) is 0 Å². The van der Waals surface area contributed by atoms with Crippen LogP contribution >= 0.6 is 0 Å². The summed E-state index contributed by atoms with van der Waals surface area (Å²) in [6.07, 6.45) is 16.5. The van der Waals surface area contributed by atoms with Crippen molar-refractivity contribution in [1.29, 1.82) is 0 Å². The smallest absolute Gasteiger partial charge is 0.270 e. The van der Waals surface area contributed by atoms with Gasteiger partial charge in [0.15, 0.2) is 0 Å². The zero-order valence-electron chi connectivity index (χ0n) is 26.1. The molecule has 4 rings (SSSR count). The Morgan fingerprint density at radius 3 is 2.33 bits per heavy atom. The summed E-state index contributed by atoms with van der Waals surface area (Å²) in [6, 6.07) is 7.37. The van der Waals surface area contributed by atoms with E-state index in [9.17, 15) is 8.42 Å². The first-order chi connectivity index (χ1) is 18.5. The minimum Gasteiger partial charge on any atom is -0.270 e. The van der Waals surface area contributed by atoms with Gasteiger partial charge in [0, 0.05) is 0 Å². The van der Waals surface area contributed by atoms with Gasteiger partial charge in [-0.15, -0.1) is 0 Å². The van der Waals surface area contributed by atoms with Crippen molar-refractivity contribution >= 4 is 10.1 Å². The lowest BCUT2D eigenvalue weighted by molar-refractivity contribution is -0.0584. The van der Waals surface area contributed by atoms with Gasteiger partial charge in [-0.2, -0.15) is 8.42 Å². The predicted octanol–water partition coefficient (Wildman–Crippen LogP) is 9.55. The third kappa shape index (κ3) is 6.79. The molecule has 4 heteroatoms. The molecule has 0 aromatic heterocycles. The van der Waals surface area contributed by atoms with E-state index >= 15 is 0 Å². The molecule has 39 heavy (non-hydrogen) atoms. The molecule has 0 N–H and O–H groups in total. The van der Waals surface area contributed by atoms with E-state index in [4.69, 9.17) is 0 Å². The highest BCUT2D eigenvalue weighted by Gasteiger charge is 2.56. The Morgan fingerprint density at radius 1 is 0.974 bits per heavy atom. The van der Waals surface area contributed by atoms with Gasteiger partial charge in [-0.3, -0.25) is 4.18 Å². The highest BCUT2D eigenvalue weighted by atomic mass is 32.2.